The number of halogens is 1. The first-order chi connectivity index (χ1) is 28.8. The molecule has 0 fully saturated rings. The predicted octanol–water partition coefficient (Wildman–Crippen LogP) is 10.7. The Kier molecular flexibility index (Phi) is 10.5. The van der Waals surface area contributed by atoms with Crippen LogP contribution < -0.4 is 5.32 Å². The first-order valence-electron chi connectivity index (χ1n) is 19.4. The summed E-state index contributed by atoms with van der Waals surface area (Å²) in [5.41, 5.74) is 13.0. The van der Waals surface area contributed by atoms with Gasteiger partial charge in [-0.3, -0.25) is 0 Å². The normalized spacial score (nSPS) is 12.7. The number of amides is 1. The van der Waals surface area contributed by atoms with Gasteiger partial charge >= 0.3 is 12.2 Å². The largest absolute Gasteiger partial charge is 0.449 e. The maximum Gasteiger partial charge on any atom is 0.434 e. The van der Waals surface area contributed by atoms with E-state index in [2.05, 4.69) is 63.9 Å². The molecule has 9 nitrogen and oxygen atoms in total. The molecule has 0 radical (unpaired) electrons. The van der Waals surface area contributed by atoms with Gasteiger partial charge in [0.15, 0.2) is 0 Å². The van der Waals surface area contributed by atoms with Gasteiger partial charge < -0.3 is 19.9 Å². The van der Waals surface area contributed by atoms with Crippen molar-refractivity contribution in [3.05, 3.63) is 177 Å². The molecule has 0 unspecified atom stereocenters. The average Bonchev–Trinajstić information content (AvgIpc) is 3.88. The summed E-state index contributed by atoms with van der Waals surface area (Å²) in [7, 11) is 0. The smallest absolute Gasteiger partial charge is 0.434 e. The average molecular weight is 819 g/mol. The van der Waals surface area contributed by atoms with E-state index >= 15 is 0 Å². The SMILES string of the molecule is Cc1nn(C(=O)OCC2c3ccccc3-c3ccccc32)c(C)c1-c1cc(Cl)c(Sc2ncccc2CO)c(CNC(=O)OCC2c3ccccc3-c3ccccc32)c1. The maximum atomic E-state index is 13.7. The fourth-order valence-corrected chi connectivity index (χ4v) is 9.83. The van der Waals surface area contributed by atoms with Gasteiger partial charge in [-0.05, 0) is 87.7 Å². The molecular formula is C48H39ClN4O5S. The molecule has 1 amide bonds. The summed E-state index contributed by atoms with van der Waals surface area (Å²) < 4.78 is 13.1. The fourth-order valence-electron chi connectivity index (χ4n) is 8.48. The number of fused-ring (bicyclic) bond motifs is 6. The van der Waals surface area contributed by atoms with Crippen molar-refractivity contribution in [1.82, 2.24) is 20.1 Å². The number of nitrogens with zero attached hydrogens (tertiary/aromatic N) is 3. The molecule has 2 aliphatic rings. The number of benzene rings is 5. The molecule has 7 aromatic rings. The van der Waals surface area contributed by atoms with Crippen LogP contribution in [0.2, 0.25) is 5.02 Å². The minimum atomic E-state index is -0.583. The van der Waals surface area contributed by atoms with Crippen molar-refractivity contribution in [3.8, 4) is 33.4 Å². The zero-order valence-electron chi connectivity index (χ0n) is 32.3. The Morgan fingerprint density at radius 3 is 1.85 bits per heavy atom. The molecular weight excluding hydrogens is 780 g/mol. The van der Waals surface area contributed by atoms with E-state index in [4.69, 9.17) is 21.1 Å². The molecule has 2 N–H and O–H groups in total. The molecule has 2 aliphatic carbocycles. The number of alkyl carbamates (subject to hydrolysis) is 1. The lowest BCUT2D eigenvalue weighted by molar-refractivity contribution is 0.140. The Hall–Kier alpha value is -6.20. The Morgan fingerprint density at radius 1 is 0.746 bits per heavy atom. The van der Waals surface area contributed by atoms with Crippen molar-refractivity contribution >= 4 is 35.5 Å². The first kappa shape index (κ1) is 38.3. The Bertz CT molecular complexity index is 2680. The fraction of sp³-hybridized carbons (Fsp3) is 0.167. The molecule has 11 heteroatoms. The molecule has 59 heavy (non-hydrogen) atoms. The van der Waals surface area contributed by atoms with Crippen molar-refractivity contribution < 1.29 is 24.2 Å². The second-order valence-electron chi connectivity index (χ2n) is 14.6. The van der Waals surface area contributed by atoms with Gasteiger partial charge in [0.2, 0.25) is 0 Å². The van der Waals surface area contributed by atoms with Gasteiger partial charge in [-0.15, -0.1) is 0 Å². The third-order valence-electron chi connectivity index (χ3n) is 11.2. The molecule has 2 heterocycles. The summed E-state index contributed by atoms with van der Waals surface area (Å²) in [5.74, 6) is -0.180. The minimum Gasteiger partial charge on any atom is -0.449 e. The van der Waals surface area contributed by atoms with Crippen molar-refractivity contribution in [2.75, 3.05) is 13.2 Å². The van der Waals surface area contributed by atoms with Crippen LogP contribution in [0.5, 0.6) is 0 Å². The summed E-state index contributed by atoms with van der Waals surface area (Å²) in [6.07, 6.45) is 0.498. The molecule has 0 atom stereocenters. The van der Waals surface area contributed by atoms with E-state index in [0.717, 1.165) is 44.5 Å². The highest BCUT2D eigenvalue weighted by molar-refractivity contribution is 7.99. The monoisotopic (exact) mass is 818 g/mol. The lowest BCUT2D eigenvalue weighted by Gasteiger charge is -2.17. The van der Waals surface area contributed by atoms with Crippen molar-refractivity contribution in [1.29, 1.82) is 0 Å². The molecule has 2 aromatic heterocycles. The van der Waals surface area contributed by atoms with Crippen LogP contribution in [0.1, 0.15) is 56.6 Å². The highest BCUT2D eigenvalue weighted by Crippen LogP contribution is 2.46. The highest BCUT2D eigenvalue weighted by atomic mass is 35.5. The molecule has 0 spiro atoms. The van der Waals surface area contributed by atoms with Gasteiger partial charge in [0.25, 0.3) is 0 Å². The second kappa shape index (κ2) is 16.2. The summed E-state index contributed by atoms with van der Waals surface area (Å²) in [6, 6.07) is 40.1. The molecule has 0 saturated carbocycles. The molecule has 0 bridgehead atoms. The number of carbonyl (C=O) groups excluding carboxylic acids is 2. The van der Waals surface area contributed by atoms with E-state index in [1.54, 1.807) is 18.3 Å². The van der Waals surface area contributed by atoms with Gasteiger partial charge in [0.1, 0.15) is 18.2 Å². The first-order valence-corrected chi connectivity index (χ1v) is 20.6. The maximum absolute atomic E-state index is 13.7. The van der Waals surface area contributed by atoms with Crippen LogP contribution in [0.25, 0.3) is 33.4 Å². The molecule has 0 saturated heterocycles. The number of aliphatic hydroxyl groups is 1. The number of aryl methyl sites for hydroxylation is 1. The zero-order valence-corrected chi connectivity index (χ0v) is 33.9. The molecule has 5 aromatic carbocycles. The molecule has 0 aliphatic heterocycles. The van der Waals surface area contributed by atoms with Gasteiger partial charge in [-0.25, -0.2) is 14.6 Å². The number of ether oxygens (including phenoxy) is 2. The van der Waals surface area contributed by atoms with Crippen molar-refractivity contribution in [2.45, 2.75) is 48.8 Å². The Labute approximate surface area is 351 Å². The number of aliphatic hydroxyl groups excluding tert-OH is 1. The minimum absolute atomic E-state index is 0.0759. The predicted molar refractivity (Wildman–Crippen MR) is 229 cm³/mol. The van der Waals surface area contributed by atoms with E-state index in [9.17, 15) is 14.7 Å². The van der Waals surface area contributed by atoms with E-state index in [-0.39, 0.29) is 38.2 Å². The summed E-state index contributed by atoms with van der Waals surface area (Å²) in [4.78, 5) is 32.3. The van der Waals surface area contributed by atoms with Crippen LogP contribution in [0.4, 0.5) is 9.59 Å². The van der Waals surface area contributed by atoms with Crippen LogP contribution in [-0.4, -0.2) is 45.3 Å². The third-order valence-corrected chi connectivity index (χ3v) is 12.9. The Balaban J connectivity index is 0.968. The van der Waals surface area contributed by atoms with Crippen LogP contribution in [0.3, 0.4) is 0 Å². The van der Waals surface area contributed by atoms with Gasteiger partial charge in [0.05, 0.1) is 23.0 Å². The number of aromatic nitrogens is 3. The lowest BCUT2D eigenvalue weighted by atomic mass is 9.98. The number of nitrogens with one attached hydrogen (secondary N) is 1. The van der Waals surface area contributed by atoms with E-state index in [1.165, 1.54) is 16.4 Å². The van der Waals surface area contributed by atoms with E-state index in [0.29, 0.717) is 48.6 Å². The van der Waals surface area contributed by atoms with Crippen LogP contribution >= 0.6 is 23.4 Å². The number of hydrogen-bond acceptors (Lipinski definition) is 8. The van der Waals surface area contributed by atoms with Gasteiger partial charge in [-0.1, -0.05) is 126 Å². The van der Waals surface area contributed by atoms with Crippen LogP contribution in [0.15, 0.2) is 137 Å². The number of rotatable bonds is 10. The topological polar surface area (TPSA) is 116 Å². The number of pyridine rings is 1. The number of carbonyl (C=O) groups is 2. The third kappa shape index (κ3) is 7.18. The summed E-state index contributed by atoms with van der Waals surface area (Å²) in [5, 5.41) is 18.6. The molecule has 294 valence electrons. The number of hydrogen-bond donors (Lipinski definition) is 2. The second-order valence-corrected chi connectivity index (χ2v) is 16.0. The summed E-state index contributed by atoms with van der Waals surface area (Å²) in [6.45, 7) is 3.86. The van der Waals surface area contributed by atoms with E-state index in [1.807, 2.05) is 74.5 Å². The highest BCUT2D eigenvalue weighted by Gasteiger charge is 2.31. The van der Waals surface area contributed by atoms with Crippen molar-refractivity contribution in [2.24, 2.45) is 0 Å². The van der Waals surface area contributed by atoms with Gasteiger partial charge in [0, 0.05) is 40.6 Å². The van der Waals surface area contributed by atoms with Crippen LogP contribution in [-0.2, 0) is 22.6 Å². The quantitative estimate of drug-likeness (QED) is 0.140. The van der Waals surface area contributed by atoms with Crippen molar-refractivity contribution in [3.63, 3.8) is 0 Å². The van der Waals surface area contributed by atoms with Crippen LogP contribution in [0, 0.1) is 13.8 Å². The standard InChI is InChI=1S/C48H39ClN4O5S/c1-28-44(29(2)53(52-28)48(56)58-27-42-39-19-9-5-15-35(39)36-16-6-10-20-40(36)42)31-22-32(45(43(49)23-31)59-46-30(25-54)12-11-21-50-46)24-51-47(55)57-26-41-37-17-7-3-13-33(37)34-14-4-8-18-38(34)41/h3-23,41-42,54H,24-27H2,1-2H3,(H,51,55). The summed E-state index contributed by atoms with van der Waals surface area (Å²) >= 11 is 8.40. The lowest BCUT2D eigenvalue weighted by Crippen LogP contribution is -2.26. The van der Waals surface area contributed by atoms with E-state index < -0.39 is 12.2 Å². The molecule has 9 rings (SSSR count). The van der Waals surface area contributed by atoms with Gasteiger partial charge in [-0.2, -0.15) is 9.78 Å². The Morgan fingerprint density at radius 2 is 1.29 bits per heavy atom. The zero-order chi connectivity index (χ0) is 40.6.